The van der Waals surface area contributed by atoms with Gasteiger partial charge in [0.2, 0.25) is 5.91 Å². The molecule has 0 aliphatic heterocycles. The normalized spacial score (nSPS) is 24.8. The third-order valence-electron chi connectivity index (χ3n) is 5.10. The number of amides is 1. The molecule has 104 valence electrons. The van der Waals surface area contributed by atoms with E-state index in [0.29, 0.717) is 18.5 Å². The van der Waals surface area contributed by atoms with Gasteiger partial charge in [-0.1, -0.05) is 38.5 Å². The van der Waals surface area contributed by atoms with Crippen molar-refractivity contribution in [3.8, 4) is 0 Å². The van der Waals surface area contributed by atoms with Crippen LogP contribution in [0.1, 0.15) is 64.2 Å². The zero-order valence-corrected chi connectivity index (χ0v) is 11.8. The van der Waals surface area contributed by atoms with Crippen molar-refractivity contribution in [2.45, 2.75) is 70.3 Å². The van der Waals surface area contributed by atoms with Crippen LogP contribution in [0.15, 0.2) is 0 Å². The van der Waals surface area contributed by atoms with Gasteiger partial charge in [-0.2, -0.15) is 0 Å². The van der Waals surface area contributed by atoms with Gasteiger partial charge in [0.1, 0.15) is 0 Å². The van der Waals surface area contributed by atoms with Crippen molar-refractivity contribution < 1.29 is 4.79 Å². The second kappa shape index (κ2) is 6.05. The first-order valence-electron chi connectivity index (χ1n) is 7.67. The zero-order valence-electron chi connectivity index (χ0n) is 11.8. The van der Waals surface area contributed by atoms with E-state index >= 15 is 0 Å². The lowest BCUT2D eigenvalue weighted by molar-refractivity contribution is -0.142. The Morgan fingerprint density at radius 2 is 1.67 bits per heavy atom. The molecule has 0 radical (unpaired) electrons. The molecule has 2 aliphatic carbocycles. The highest BCUT2D eigenvalue weighted by molar-refractivity contribution is 5.83. The quantitative estimate of drug-likeness (QED) is 0.785. The molecule has 1 amide bonds. The number of hydrogen-bond acceptors (Lipinski definition) is 2. The van der Waals surface area contributed by atoms with Gasteiger partial charge < -0.3 is 10.6 Å². The van der Waals surface area contributed by atoms with Gasteiger partial charge in [0.25, 0.3) is 0 Å². The summed E-state index contributed by atoms with van der Waals surface area (Å²) >= 11 is 0. The number of rotatable bonds is 3. The molecule has 0 aromatic carbocycles. The SMILES string of the molecule is CN(C(=O)C1(CN)CCCC1)C1CCCCCC1. The van der Waals surface area contributed by atoms with E-state index < -0.39 is 0 Å². The van der Waals surface area contributed by atoms with Crippen molar-refractivity contribution in [2.24, 2.45) is 11.1 Å². The lowest BCUT2D eigenvalue weighted by Crippen LogP contribution is -2.48. The average Bonchev–Trinajstić information content (AvgIpc) is 2.73. The Labute approximate surface area is 111 Å². The smallest absolute Gasteiger partial charge is 0.230 e. The third kappa shape index (κ3) is 2.71. The van der Waals surface area contributed by atoms with Crippen LogP contribution in [0.4, 0.5) is 0 Å². The Morgan fingerprint density at radius 3 is 2.17 bits per heavy atom. The molecular formula is C15H28N2O. The summed E-state index contributed by atoms with van der Waals surface area (Å²) in [5.41, 5.74) is 5.70. The molecule has 0 atom stereocenters. The maximum Gasteiger partial charge on any atom is 0.230 e. The monoisotopic (exact) mass is 252 g/mol. The van der Waals surface area contributed by atoms with E-state index in [1.807, 2.05) is 11.9 Å². The van der Waals surface area contributed by atoms with Crippen molar-refractivity contribution in [1.29, 1.82) is 0 Å². The van der Waals surface area contributed by atoms with E-state index in [1.54, 1.807) is 0 Å². The molecule has 0 aromatic rings. The van der Waals surface area contributed by atoms with Gasteiger partial charge in [0, 0.05) is 19.6 Å². The van der Waals surface area contributed by atoms with E-state index in [9.17, 15) is 4.79 Å². The predicted octanol–water partition coefficient (Wildman–Crippen LogP) is 2.69. The molecule has 0 bridgehead atoms. The number of nitrogens with two attached hydrogens (primary N) is 1. The van der Waals surface area contributed by atoms with Gasteiger partial charge in [0.05, 0.1) is 5.41 Å². The molecule has 0 aromatic heterocycles. The van der Waals surface area contributed by atoms with Gasteiger partial charge in [-0.05, 0) is 25.7 Å². The van der Waals surface area contributed by atoms with Crippen LogP contribution in [0.25, 0.3) is 0 Å². The molecule has 2 N–H and O–H groups in total. The van der Waals surface area contributed by atoms with Crippen LogP contribution in [0.2, 0.25) is 0 Å². The Hall–Kier alpha value is -0.570. The first kappa shape index (κ1) is 13.9. The van der Waals surface area contributed by atoms with E-state index in [2.05, 4.69) is 0 Å². The van der Waals surface area contributed by atoms with Crippen LogP contribution >= 0.6 is 0 Å². The van der Waals surface area contributed by atoms with Gasteiger partial charge in [0.15, 0.2) is 0 Å². The summed E-state index contributed by atoms with van der Waals surface area (Å²) in [5.74, 6) is 0.328. The molecule has 0 unspecified atom stereocenters. The molecule has 3 heteroatoms. The maximum absolute atomic E-state index is 12.8. The summed E-state index contributed by atoms with van der Waals surface area (Å²) in [7, 11) is 2.01. The molecule has 2 aliphatic rings. The summed E-state index contributed by atoms with van der Waals surface area (Å²) in [6, 6.07) is 0.462. The lowest BCUT2D eigenvalue weighted by Gasteiger charge is -2.36. The first-order valence-corrected chi connectivity index (χ1v) is 7.67. The molecule has 0 spiro atoms. The molecule has 0 heterocycles. The fourth-order valence-corrected chi connectivity index (χ4v) is 3.74. The van der Waals surface area contributed by atoms with Gasteiger partial charge in [-0.25, -0.2) is 0 Å². The van der Waals surface area contributed by atoms with Crippen LogP contribution in [0.3, 0.4) is 0 Å². The van der Waals surface area contributed by atoms with Crippen LogP contribution in [-0.4, -0.2) is 30.4 Å². The minimum Gasteiger partial charge on any atom is -0.342 e. The highest BCUT2D eigenvalue weighted by Gasteiger charge is 2.42. The van der Waals surface area contributed by atoms with Crippen molar-refractivity contribution in [1.82, 2.24) is 4.90 Å². The number of nitrogens with zero attached hydrogens (tertiary/aromatic N) is 1. The minimum absolute atomic E-state index is 0.221. The molecule has 3 nitrogen and oxygen atoms in total. The topological polar surface area (TPSA) is 46.3 Å². The van der Waals surface area contributed by atoms with Crippen LogP contribution in [-0.2, 0) is 4.79 Å². The summed E-state index contributed by atoms with van der Waals surface area (Å²) in [4.78, 5) is 14.8. The molecule has 18 heavy (non-hydrogen) atoms. The highest BCUT2D eigenvalue weighted by atomic mass is 16.2. The fraction of sp³-hybridized carbons (Fsp3) is 0.933. The van der Waals surface area contributed by atoms with Crippen molar-refractivity contribution >= 4 is 5.91 Å². The summed E-state index contributed by atoms with van der Waals surface area (Å²) in [6.07, 6.45) is 11.9. The number of carbonyl (C=O) groups is 1. The summed E-state index contributed by atoms with van der Waals surface area (Å²) < 4.78 is 0. The maximum atomic E-state index is 12.8. The number of hydrogen-bond donors (Lipinski definition) is 1. The molecule has 2 saturated carbocycles. The Bertz CT molecular complexity index is 276. The Morgan fingerprint density at radius 1 is 1.11 bits per heavy atom. The molecule has 2 fully saturated rings. The van der Waals surface area contributed by atoms with Gasteiger partial charge >= 0.3 is 0 Å². The van der Waals surface area contributed by atoms with E-state index in [0.717, 1.165) is 12.8 Å². The summed E-state index contributed by atoms with van der Waals surface area (Å²) in [5, 5.41) is 0. The van der Waals surface area contributed by atoms with Crippen LogP contribution < -0.4 is 5.73 Å². The summed E-state index contributed by atoms with van der Waals surface area (Å²) in [6.45, 7) is 0.531. The molecule has 2 rings (SSSR count). The van der Waals surface area contributed by atoms with Crippen molar-refractivity contribution in [3.63, 3.8) is 0 Å². The second-order valence-corrected chi connectivity index (χ2v) is 6.25. The Kier molecular flexibility index (Phi) is 4.66. The highest BCUT2D eigenvalue weighted by Crippen LogP contribution is 2.39. The van der Waals surface area contributed by atoms with Gasteiger partial charge in [-0.3, -0.25) is 4.79 Å². The average molecular weight is 252 g/mol. The fourth-order valence-electron chi connectivity index (χ4n) is 3.74. The standard InChI is InChI=1S/C15H28N2O/c1-17(13-8-4-2-3-5-9-13)14(18)15(12-16)10-6-7-11-15/h13H,2-12,16H2,1H3. The van der Waals surface area contributed by atoms with Crippen molar-refractivity contribution in [3.05, 3.63) is 0 Å². The van der Waals surface area contributed by atoms with E-state index in [1.165, 1.54) is 51.4 Å². The third-order valence-corrected chi connectivity index (χ3v) is 5.10. The largest absolute Gasteiger partial charge is 0.342 e. The molecular weight excluding hydrogens is 224 g/mol. The minimum atomic E-state index is -0.221. The number of carbonyl (C=O) groups excluding carboxylic acids is 1. The second-order valence-electron chi connectivity index (χ2n) is 6.25. The van der Waals surface area contributed by atoms with Crippen LogP contribution in [0.5, 0.6) is 0 Å². The molecule has 0 saturated heterocycles. The predicted molar refractivity (Wildman–Crippen MR) is 74.2 cm³/mol. The lowest BCUT2D eigenvalue weighted by atomic mass is 9.84. The van der Waals surface area contributed by atoms with E-state index in [-0.39, 0.29) is 5.41 Å². The Balaban J connectivity index is 2.02. The first-order chi connectivity index (χ1) is 8.69. The zero-order chi connectivity index (χ0) is 13.0. The van der Waals surface area contributed by atoms with Crippen LogP contribution in [0, 0.1) is 5.41 Å². The van der Waals surface area contributed by atoms with E-state index in [4.69, 9.17) is 5.73 Å². The van der Waals surface area contributed by atoms with Gasteiger partial charge in [-0.15, -0.1) is 0 Å². The van der Waals surface area contributed by atoms with Crippen molar-refractivity contribution in [2.75, 3.05) is 13.6 Å².